The van der Waals surface area contributed by atoms with Crippen LogP contribution in [0.5, 0.6) is 0 Å². The molecular formula is C28H35N7O. The lowest BCUT2D eigenvalue weighted by Crippen LogP contribution is -2.39. The maximum absolute atomic E-state index is 13.0. The molecule has 5 rings (SSSR count). The van der Waals surface area contributed by atoms with Crippen LogP contribution in [0.3, 0.4) is 0 Å². The number of carbonyl (C=O) groups excluding carboxylic acids is 1. The van der Waals surface area contributed by atoms with Gasteiger partial charge in [-0.15, -0.1) is 15.3 Å². The minimum absolute atomic E-state index is 0.216. The van der Waals surface area contributed by atoms with Crippen LogP contribution in [0.25, 0.3) is 11.5 Å². The molecule has 8 heteroatoms. The minimum Gasteiger partial charge on any atom is -0.343 e. The van der Waals surface area contributed by atoms with Crippen molar-refractivity contribution in [3.8, 4) is 5.82 Å². The second kappa shape index (κ2) is 10.2. The Kier molecular flexibility index (Phi) is 6.85. The van der Waals surface area contributed by atoms with Gasteiger partial charge in [-0.3, -0.25) is 4.79 Å². The standard InChI is InChI=1S/C28H35N7O/c1-19(2)28-30-29-25-11-12-26(32-35(25)28)34-21(4)24(20(3)31-34)10-13-27(36)33-16-14-23(15-17-33)18-22-8-6-5-7-9-22/h5-9,11-12,19,23H,10,13-18H2,1-4H3. The fourth-order valence-electron chi connectivity index (χ4n) is 5.25. The smallest absolute Gasteiger partial charge is 0.222 e. The second-order valence-electron chi connectivity index (χ2n) is 10.2. The molecule has 0 N–H and O–H groups in total. The zero-order valence-corrected chi connectivity index (χ0v) is 21.7. The minimum atomic E-state index is 0.216. The number of hydrogen-bond donors (Lipinski definition) is 0. The number of hydrogen-bond acceptors (Lipinski definition) is 5. The number of rotatable bonds is 7. The highest BCUT2D eigenvalue weighted by Crippen LogP contribution is 2.24. The molecule has 0 atom stereocenters. The quantitative estimate of drug-likeness (QED) is 0.386. The van der Waals surface area contributed by atoms with Crippen LogP contribution in [-0.4, -0.2) is 53.5 Å². The number of amides is 1. The lowest BCUT2D eigenvalue weighted by atomic mass is 9.90. The lowest BCUT2D eigenvalue weighted by Gasteiger charge is -2.32. The van der Waals surface area contributed by atoms with Crippen LogP contribution in [0.15, 0.2) is 42.5 Å². The maximum Gasteiger partial charge on any atom is 0.222 e. The van der Waals surface area contributed by atoms with Crippen molar-refractivity contribution >= 4 is 11.6 Å². The molecular weight excluding hydrogens is 450 g/mol. The number of aryl methyl sites for hydroxylation is 1. The Morgan fingerprint density at radius 2 is 1.75 bits per heavy atom. The molecule has 0 saturated carbocycles. The van der Waals surface area contributed by atoms with Crippen LogP contribution in [0.1, 0.15) is 67.4 Å². The van der Waals surface area contributed by atoms with Crippen LogP contribution in [0.2, 0.25) is 0 Å². The highest BCUT2D eigenvalue weighted by atomic mass is 16.2. The Morgan fingerprint density at radius 1 is 1.00 bits per heavy atom. The van der Waals surface area contributed by atoms with Crippen molar-refractivity contribution in [3.05, 3.63) is 70.8 Å². The van der Waals surface area contributed by atoms with Gasteiger partial charge >= 0.3 is 0 Å². The summed E-state index contributed by atoms with van der Waals surface area (Å²) in [7, 11) is 0. The first-order valence-electron chi connectivity index (χ1n) is 13.0. The van der Waals surface area contributed by atoms with Gasteiger partial charge in [0.05, 0.1) is 5.69 Å². The molecule has 3 aromatic heterocycles. The van der Waals surface area contributed by atoms with E-state index in [1.165, 1.54) is 5.56 Å². The summed E-state index contributed by atoms with van der Waals surface area (Å²) in [5.74, 6) is 2.67. The van der Waals surface area contributed by atoms with Crippen molar-refractivity contribution in [2.45, 2.75) is 65.7 Å². The summed E-state index contributed by atoms with van der Waals surface area (Å²) in [6.07, 6.45) is 4.45. The summed E-state index contributed by atoms with van der Waals surface area (Å²) >= 11 is 0. The number of likely N-dealkylation sites (tertiary alicyclic amines) is 1. The molecule has 0 spiro atoms. The number of aromatic nitrogens is 6. The first kappa shape index (κ1) is 24.2. The van der Waals surface area contributed by atoms with Crippen LogP contribution < -0.4 is 0 Å². The molecule has 4 heterocycles. The summed E-state index contributed by atoms with van der Waals surface area (Å²) < 4.78 is 3.66. The van der Waals surface area contributed by atoms with Gasteiger partial charge in [-0.1, -0.05) is 44.2 Å². The van der Waals surface area contributed by atoms with E-state index in [2.05, 4.69) is 61.3 Å². The first-order valence-corrected chi connectivity index (χ1v) is 13.0. The molecule has 1 amide bonds. The summed E-state index contributed by atoms with van der Waals surface area (Å²) in [5, 5.41) is 18.0. The van der Waals surface area contributed by atoms with E-state index in [1.54, 1.807) is 4.52 Å². The van der Waals surface area contributed by atoms with E-state index in [1.807, 2.05) is 28.6 Å². The number of carbonyl (C=O) groups is 1. The average molecular weight is 486 g/mol. The molecule has 1 aromatic carbocycles. The number of piperidine rings is 1. The zero-order valence-electron chi connectivity index (χ0n) is 21.7. The van der Waals surface area contributed by atoms with Gasteiger partial charge in [-0.25, -0.2) is 4.68 Å². The van der Waals surface area contributed by atoms with Gasteiger partial charge in [-0.05, 0) is 68.7 Å². The highest BCUT2D eigenvalue weighted by molar-refractivity contribution is 5.76. The van der Waals surface area contributed by atoms with E-state index in [9.17, 15) is 4.79 Å². The van der Waals surface area contributed by atoms with Crippen LogP contribution in [-0.2, 0) is 17.6 Å². The summed E-state index contributed by atoms with van der Waals surface area (Å²) in [6, 6.07) is 14.5. The summed E-state index contributed by atoms with van der Waals surface area (Å²) in [4.78, 5) is 15.1. The Hall–Kier alpha value is -3.55. The fourth-order valence-corrected chi connectivity index (χ4v) is 5.25. The van der Waals surface area contributed by atoms with Crippen molar-refractivity contribution in [1.29, 1.82) is 0 Å². The molecule has 0 unspecified atom stereocenters. The largest absolute Gasteiger partial charge is 0.343 e. The van der Waals surface area contributed by atoms with E-state index in [0.29, 0.717) is 18.8 Å². The van der Waals surface area contributed by atoms with Gasteiger partial charge in [0.1, 0.15) is 0 Å². The molecule has 1 saturated heterocycles. The molecule has 0 aliphatic carbocycles. The molecule has 188 valence electrons. The molecule has 1 aliphatic rings. The third-order valence-electron chi connectivity index (χ3n) is 7.37. The van der Waals surface area contributed by atoms with Gasteiger partial charge in [-0.2, -0.15) is 9.61 Å². The number of benzene rings is 1. The van der Waals surface area contributed by atoms with Gasteiger partial charge in [0, 0.05) is 31.1 Å². The zero-order chi connectivity index (χ0) is 25.2. The van der Waals surface area contributed by atoms with Crippen molar-refractivity contribution in [2.24, 2.45) is 5.92 Å². The van der Waals surface area contributed by atoms with Crippen molar-refractivity contribution < 1.29 is 4.79 Å². The topological polar surface area (TPSA) is 81.2 Å². The molecule has 0 bridgehead atoms. The average Bonchev–Trinajstić information content (AvgIpc) is 3.43. The van der Waals surface area contributed by atoms with Gasteiger partial charge < -0.3 is 4.90 Å². The van der Waals surface area contributed by atoms with Gasteiger partial charge in [0.15, 0.2) is 17.3 Å². The van der Waals surface area contributed by atoms with Crippen molar-refractivity contribution in [2.75, 3.05) is 13.1 Å². The Balaban J connectivity index is 1.22. The summed E-state index contributed by atoms with van der Waals surface area (Å²) in [6.45, 7) is 9.93. The van der Waals surface area contributed by atoms with Crippen molar-refractivity contribution in [1.82, 2.24) is 34.5 Å². The first-order chi connectivity index (χ1) is 17.4. The number of fused-ring (bicyclic) bond motifs is 1. The van der Waals surface area contributed by atoms with Crippen LogP contribution in [0.4, 0.5) is 0 Å². The molecule has 4 aromatic rings. The van der Waals surface area contributed by atoms with Crippen LogP contribution >= 0.6 is 0 Å². The van der Waals surface area contributed by atoms with E-state index < -0.39 is 0 Å². The predicted octanol–water partition coefficient (Wildman–Crippen LogP) is 4.46. The fraction of sp³-hybridized carbons (Fsp3) is 0.464. The van der Waals surface area contributed by atoms with Gasteiger partial charge in [0.25, 0.3) is 0 Å². The van der Waals surface area contributed by atoms with E-state index in [0.717, 1.165) is 66.6 Å². The number of nitrogens with zero attached hydrogens (tertiary/aromatic N) is 7. The van der Waals surface area contributed by atoms with Crippen molar-refractivity contribution in [3.63, 3.8) is 0 Å². The Morgan fingerprint density at radius 3 is 2.47 bits per heavy atom. The molecule has 8 nitrogen and oxygen atoms in total. The van der Waals surface area contributed by atoms with E-state index in [4.69, 9.17) is 10.2 Å². The maximum atomic E-state index is 13.0. The third-order valence-corrected chi connectivity index (χ3v) is 7.37. The SMILES string of the molecule is Cc1nn(-c2ccc3nnc(C(C)C)n3n2)c(C)c1CCC(=O)N1CCC(Cc2ccccc2)CC1. The Labute approximate surface area is 212 Å². The van der Waals surface area contributed by atoms with Gasteiger partial charge in [0.2, 0.25) is 5.91 Å². The molecule has 1 aliphatic heterocycles. The molecule has 0 radical (unpaired) electrons. The second-order valence-corrected chi connectivity index (χ2v) is 10.2. The van der Waals surface area contributed by atoms with Crippen LogP contribution in [0, 0.1) is 19.8 Å². The molecule has 1 fully saturated rings. The monoisotopic (exact) mass is 485 g/mol. The summed E-state index contributed by atoms with van der Waals surface area (Å²) in [5.41, 5.74) is 5.20. The normalized spacial score (nSPS) is 14.8. The van der Waals surface area contributed by atoms with E-state index >= 15 is 0 Å². The highest BCUT2D eigenvalue weighted by Gasteiger charge is 2.24. The lowest BCUT2D eigenvalue weighted by molar-refractivity contribution is -0.132. The predicted molar refractivity (Wildman–Crippen MR) is 139 cm³/mol. The molecule has 36 heavy (non-hydrogen) atoms. The third kappa shape index (κ3) is 4.90. The Bertz CT molecular complexity index is 1350. The van der Waals surface area contributed by atoms with E-state index in [-0.39, 0.29) is 11.8 Å².